The highest BCUT2D eigenvalue weighted by atomic mass is 32.2. The molecule has 0 spiro atoms. The second kappa shape index (κ2) is 5.88. The molecule has 0 fully saturated rings. The lowest BCUT2D eigenvalue weighted by atomic mass is 10.3. The number of pyridine rings is 1. The van der Waals surface area contributed by atoms with Crippen LogP contribution in [0.15, 0.2) is 28.7 Å². The van der Waals surface area contributed by atoms with Crippen LogP contribution in [0, 0.1) is 0 Å². The van der Waals surface area contributed by atoms with Crippen molar-refractivity contribution in [3.05, 3.63) is 34.4 Å². The van der Waals surface area contributed by atoms with Crippen LogP contribution in [0.25, 0.3) is 0 Å². The second-order valence-corrected chi connectivity index (χ2v) is 7.32. The number of carbonyl (C=O) groups is 1. The monoisotopic (exact) mass is 326 g/mol. The Bertz CT molecular complexity index is 751. The Balaban J connectivity index is 2.12. The molecule has 21 heavy (non-hydrogen) atoms. The zero-order chi connectivity index (χ0) is 15.6. The van der Waals surface area contributed by atoms with Crippen LogP contribution in [0.5, 0.6) is 0 Å². The summed E-state index contributed by atoms with van der Waals surface area (Å²) < 4.78 is 22.6. The predicted octanol–water partition coefficient (Wildman–Crippen LogP) is 1.21. The van der Waals surface area contributed by atoms with E-state index in [0.29, 0.717) is 10.7 Å². The van der Waals surface area contributed by atoms with Gasteiger partial charge in [0.25, 0.3) is 5.91 Å². The Morgan fingerprint density at radius 1 is 1.43 bits per heavy atom. The maximum absolute atomic E-state index is 12.0. The third-order valence-corrected chi connectivity index (χ3v) is 4.57. The smallest absolute Gasteiger partial charge is 0.275 e. The van der Waals surface area contributed by atoms with Crippen molar-refractivity contribution in [2.24, 2.45) is 5.73 Å². The van der Waals surface area contributed by atoms with E-state index in [1.807, 2.05) is 0 Å². The minimum absolute atomic E-state index is 0.0478. The highest BCUT2D eigenvalue weighted by Crippen LogP contribution is 2.17. The zero-order valence-corrected chi connectivity index (χ0v) is 13.0. The number of hydrogen-bond acceptors (Lipinski definition) is 7. The molecule has 1 atom stereocenters. The van der Waals surface area contributed by atoms with Gasteiger partial charge in [0.2, 0.25) is 0 Å². The van der Waals surface area contributed by atoms with E-state index in [2.05, 4.69) is 15.3 Å². The van der Waals surface area contributed by atoms with Gasteiger partial charge in [-0.3, -0.25) is 4.79 Å². The lowest BCUT2D eigenvalue weighted by molar-refractivity contribution is 0.102. The number of amides is 1. The maximum Gasteiger partial charge on any atom is 0.275 e. The van der Waals surface area contributed by atoms with E-state index >= 15 is 0 Å². The van der Waals surface area contributed by atoms with Crippen molar-refractivity contribution in [3.63, 3.8) is 0 Å². The number of nitrogens with two attached hydrogens (primary N) is 1. The topological polar surface area (TPSA) is 115 Å². The van der Waals surface area contributed by atoms with Gasteiger partial charge in [-0.1, -0.05) is 0 Å². The summed E-state index contributed by atoms with van der Waals surface area (Å²) in [5.41, 5.74) is 6.34. The Morgan fingerprint density at radius 3 is 2.62 bits per heavy atom. The Labute approximate surface area is 126 Å². The SMILES string of the molecule is CC(N)c1nc(C(=O)Nc2ccc(S(C)(=O)=O)nc2)cs1. The molecule has 0 aliphatic rings. The molecule has 0 bridgehead atoms. The number of hydrogen-bond donors (Lipinski definition) is 2. The lowest BCUT2D eigenvalue weighted by Gasteiger charge is -2.04. The van der Waals surface area contributed by atoms with Gasteiger partial charge in [0.1, 0.15) is 10.7 Å². The first kappa shape index (κ1) is 15.5. The zero-order valence-electron chi connectivity index (χ0n) is 11.4. The molecule has 0 aliphatic carbocycles. The number of carbonyl (C=O) groups excluding carboxylic acids is 1. The predicted molar refractivity (Wildman–Crippen MR) is 80.0 cm³/mol. The number of thiazole rings is 1. The largest absolute Gasteiger partial charge is 0.322 e. The number of nitrogens with one attached hydrogen (secondary N) is 1. The first-order valence-corrected chi connectivity index (χ1v) is 8.73. The standard InChI is InChI=1S/C12H14N4O3S2/c1-7(13)12-16-9(6-20-12)11(17)15-8-3-4-10(14-5-8)21(2,18)19/h3-7H,13H2,1-2H3,(H,15,17). The molecule has 7 nitrogen and oxygen atoms in total. The van der Waals surface area contributed by atoms with E-state index in [1.165, 1.54) is 29.7 Å². The number of sulfone groups is 1. The first-order valence-electron chi connectivity index (χ1n) is 5.96. The summed E-state index contributed by atoms with van der Waals surface area (Å²) in [7, 11) is -3.35. The van der Waals surface area contributed by atoms with Gasteiger partial charge in [0.05, 0.1) is 17.9 Å². The molecule has 2 rings (SSSR count). The quantitative estimate of drug-likeness (QED) is 0.872. The van der Waals surface area contributed by atoms with Crippen molar-refractivity contribution < 1.29 is 13.2 Å². The Morgan fingerprint density at radius 2 is 2.14 bits per heavy atom. The second-order valence-electron chi connectivity index (χ2n) is 4.47. The van der Waals surface area contributed by atoms with E-state index in [-0.39, 0.29) is 16.8 Å². The van der Waals surface area contributed by atoms with Crippen LogP contribution in [0.3, 0.4) is 0 Å². The molecule has 3 N–H and O–H groups in total. The van der Waals surface area contributed by atoms with Gasteiger partial charge in [-0.25, -0.2) is 18.4 Å². The van der Waals surface area contributed by atoms with E-state index in [4.69, 9.17) is 5.73 Å². The van der Waals surface area contributed by atoms with Crippen LogP contribution in [-0.4, -0.2) is 30.5 Å². The Hall–Kier alpha value is -1.84. The fourth-order valence-electron chi connectivity index (χ4n) is 1.47. The van der Waals surface area contributed by atoms with Crippen molar-refractivity contribution in [1.29, 1.82) is 0 Å². The number of anilines is 1. The average molecular weight is 326 g/mol. The number of rotatable bonds is 4. The normalized spacial score (nSPS) is 12.9. The van der Waals surface area contributed by atoms with Crippen LogP contribution in [-0.2, 0) is 9.84 Å². The summed E-state index contributed by atoms with van der Waals surface area (Å²) in [6, 6.07) is 2.58. The van der Waals surface area contributed by atoms with Gasteiger partial charge in [0.15, 0.2) is 14.9 Å². The third-order valence-electron chi connectivity index (χ3n) is 2.52. The summed E-state index contributed by atoms with van der Waals surface area (Å²) in [4.78, 5) is 19.9. The minimum atomic E-state index is -3.35. The molecule has 2 aromatic rings. The van der Waals surface area contributed by atoms with Crippen molar-refractivity contribution in [2.75, 3.05) is 11.6 Å². The van der Waals surface area contributed by atoms with Crippen LogP contribution in [0.1, 0.15) is 28.5 Å². The van der Waals surface area contributed by atoms with Gasteiger partial charge in [-0.15, -0.1) is 11.3 Å². The van der Waals surface area contributed by atoms with E-state index < -0.39 is 15.7 Å². The van der Waals surface area contributed by atoms with Gasteiger partial charge in [0, 0.05) is 11.6 Å². The van der Waals surface area contributed by atoms with E-state index in [1.54, 1.807) is 12.3 Å². The molecular formula is C12H14N4O3S2. The molecule has 9 heteroatoms. The lowest BCUT2D eigenvalue weighted by Crippen LogP contribution is -2.13. The summed E-state index contributed by atoms with van der Waals surface area (Å²) >= 11 is 1.31. The van der Waals surface area contributed by atoms with Crippen LogP contribution in [0.4, 0.5) is 5.69 Å². The molecule has 2 heterocycles. The van der Waals surface area contributed by atoms with Crippen LogP contribution in [0.2, 0.25) is 0 Å². The molecule has 0 aliphatic heterocycles. The molecular weight excluding hydrogens is 312 g/mol. The molecule has 1 amide bonds. The van der Waals surface area contributed by atoms with Gasteiger partial charge in [-0.05, 0) is 19.1 Å². The molecule has 0 aromatic carbocycles. The van der Waals surface area contributed by atoms with Gasteiger partial charge >= 0.3 is 0 Å². The summed E-state index contributed by atoms with van der Waals surface area (Å²) in [5.74, 6) is -0.396. The van der Waals surface area contributed by atoms with Gasteiger partial charge in [-0.2, -0.15) is 0 Å². The first-order chi connectivity index (χ1) is 9.77. The number of aromatic nitrogens is 2. The average Bonchev–Trinajstić information content (AvgIpc) is 2.88. The fourth-order valence-corrected chi connectivity index (χ4v) is 2.79. The summed E-state index contributed by atoms with van der Waals surface area (Å²) in [5, 5.41) is 4.84. The summed E-state index contributed by atoms with van der Waals surface area (Å²) in [6.07, 6.45) is 2.35. The number of nitrogens with zero attached hydrogens (tertiary/aromatic N) is 2. The molecule has 2 aromatic heterocycles. The molecule has 0 radical (unpaired) electrons. The van der Waals surface area contributed by atoms with Crippen molar-refractivity contribution >= 4 is 32.8 Å². The Kier molecular flexibility index (Phi) is 4.35. The molecule has 112 valence electrons. The van der Waals surface area contributed by atoms with Crippen molar-refractivity contribution in [3.8, 4) is 0 Å². The van der Waals surface area contributed by atoms with E-state index in [0.717, 1.165) is 6.26 Å². The minimum Gasteiger partial charge on any atom is -0.322 e. The third kappa shape index (κ3) is 3.84. The van der Waals surface area contributed by atoms with Crippen molar-refractivity contribution in [1.82, 2.24) is 9.97 Å². The van der Waals surface area contributed by atoms with Crippen molar-refractivity contribution in [2.45, 2.75) is 18.0 Å². The van der Waals surface area contributed by atoms with Gasteiger partial charge < -0.3 is 11.1 Å². The fraction of sp³-hybridized carbons (Fsp3) is 0.250. The molecule has 1 unspecified atom stereocenters. The molecule has 0 saturated carbocycles. The van der Waals surface area contributed by atoms with E-state index in [9.17, 15) is 13.2 Å². The summed E-state index contributed by atoms with van der Waals surface area (Å²) in [6.45, 7) is 1.79. The van der Waals surface area contributed by atoms with Crippen LogP contribution < -0.4 is 11.1 Å². The highest BCUT2D eigenvalue weighted by molar-refractivity contribution is 7.90. The van der Waals surface area contributed by atoms with Crippen LogP contribution >= 0.6 is 11.3 Å². The maximum atomic E-state index is 12.0. The highest BCUT2D eigenvalue weighted by Gasteiger charge is 2.14. The molecule has 0 saturated heterocycles.